The van der Waals surface area contributed by atoms with E-state index in [0.717, 1.165) is 32.7 Å². The van der Waals surface area contributed by atoms with E-state index in [0.29, 0.717) is 13.2 Å². The molecule has 3 aromatic rings. The first kappa shape index (κ1) is 19.4. The number of fused-ring (bicyclic) bond motifs is 2. The number of hydrogen-bond donors (Lipinski definition) is 0. The van der Waals surface area contributed by atoms with Crippen LogP contribution in [-0.2, 0) is 19.1 Å². The Bertz CT molecular complexity index is 934. The predicted molar refractivity (Wildman–Crippen MR) is 113 cm³/mol. The van der Waals surface area contributed by atoms with E-state index < -0.39 is 0 Å². The average molecular weight is 374 g/mol. The number of hydrogen-bond acceptors (Lipinski definition) is 4. The van der Waals surface area contributed by atoms with Crippen LogP contribution in [0.3, 0.4) is 0 Å². The fourth-order valence-corrected chi connectivity index (χ4v) is 3.24. The van der Waals surface area contributed by atoms with Crippen LogP contribution in [0.25, 0.3) is 33.7 Å². The van der Waals surface area contributed by atoms with Crippen LogP contribution in [0.15, 0.2) is 60.7 Å². The Morgan fingerprint density at radius 1 is 0.679 bits per heavy atom. The van der Waals surface area contributed by atoms with Crippen molar-refractivity contribution >= 4 is 45.6 Å². The summed E-state index contributed by atoms with van der Waals surface area (Å²) in [5, 5.41) is 3.96. The highest BCUT2D eigenvalue weighted by atomic mass is 16.5. The van der Waals surface area contributed by atoms with Gasteiger partial charge in [-0.25, -0.2) is 9.59 Å². The molecule has 0 spiro atoms. The van der Waals surface area contributed by atoms with Gasteiger partial charge in [-0.2, -0.15) is 0 Å². The zero-order valence-corrected chi connectivity index (χ0v) is 16.0. The number of carbonyl (C=O) groups excluding carboxylic acids is 2. The molecular formula is C24H22O4. The molecule has 0 atom stereocenters. The number of benzene rings is 3. The van der Waals surface area contributed by atoms with Gasteiger partial charge in [0, 0.05) is 12.2 Å². The van der Waals surface area contributed by atoms with E-state index in [1.165, 1.54) is 12.2 Å². The minimum Gasteiger partial charge on any atom is -0.463 e. The van der Waals surface area contributed by atoms with Crippen LogP contribution in [0, 0.1) is 0 Å². The highest BCUT2D eigenvalue weighted by molar-refractivity contribution is 6.14. The number of carbonyl (C=O) groups is 2. The molecule has 142 valence electrons. The van der Waals surface area contributed by atoms with Gasteiger partial charge in [0.25, 0.3) is 0 Å². The van der Waals surface area contributed by atoms with Crippen LogP contribution in [0.5, 0.6) is 0 Å². The molecule has 0 aliphatic rings. The molecule has 4 nitrogen and oxygen atoms in total. The Morgan fingerprint density at radius 3 is 1.29 bits per heavy atom. The minimum absolute atomic E-state index is 0.336. The summed E-state index contributed by atoms with van der Waals surface area (Å²) < 4.78 is 10.0. The molecule has 3 rings (SSSR count). The summed E-state index contributed by atoms with van der Waals surface area (Å²) in [6, 6.07) is 15.9. The zero-order chi connectivity index (χ0) is 19.9. The maximum atomic E-state index is 11.8. The Kier molecular flexibility index (Phi) is 6.22. The van der Waals surface area contributed by atoms with Crippen molar-refractivity contribution in [2.45, 2.75) is 13.8 Å². The number of ether oxygens (including phenoxy) is 2. The highest BCUT2D eigenvalue weighted by Gasteiger charge is 2.11. The Morgan fingerprint density at radius 2 is 1.00 bits per heavy atom. The monoisotopic (exact) mass is 374 g/mol. The van der Waals surface area contributed by atoms with Crippen LogP contribution >= 0.6 is 0 Å². The van der Waals surface area contributed by atoms with Gasteiger partial charge in [0.2, 0.25) is 0 Å². The van der Waals surface area contributed by atoms with Crippen LogP contribution < -0.4 is 0 Å². The van der Waals surface area contributed by atoms with Crippen molar-refractivity contribution in [1.29, 1.82) is 0 Å². The van der Waals surface area contributed by atoms with E-state index in [-0.39, 0.29) is 11.9 Å². The van der Waals surface area contributed by atoms with Gasteiger partial charge in [-0.3, -0.25) is 0 Å². The largest absolute Gasteiger partial charge is 0.463 e. The van der Waals surface area contributed by atoms with Gasteiger partial charge in [-0.15, -0.1) is 0 Å². The third-order valence-electron chi connectivity index (χ3n) is 4.36. The molecule has 0 bridgehead atoms. The molecule has 0 amide bonds. The number of esters is 2. The van der Waals surface area contributed by atoms with Crippen LogP contribution in [-0.4, -0.2) is 25.2 Å². The molecule has 4 heteroatoms. The first-order chi connectivity index (χ1) is 13.7. The Labute approximate surface area is 164 Å². The van der Waals surface area contributed by atoms with Crippen molar-refractivity contribution in [3.8, 4) is 0 Å². The second-order valence-corrected chi connectivity index (χ2v) is 6.09. The quantitative estimate of drug-likeness (QED) is 0.340. The van der Waals surface area contributed by atoms with Gasteiger partial charge in [0.15, 0.2) is 0 Å². The standard InChI is InChI=1S/C24H22O4/c1-3-27-23(25)15-13-21-17-9-5-7-11-19(17)22(14-16-24(26)28-4-2)20-12-8-6-10-18(20)21/h5-16H,3-4H2,1-2H3. The Balaban J connectivity index is 2.24. The van der Waals surface area contributed by atoms with E-state index in [1.807, 2.05) is 48.5 Å². The van der Waals surface area contributed by atoms with Crippen molar-refractivity contribution in [2.24, 2.45) is 0 Å². The lowest BCUT2D eigenvalue weighted by molar-refractivity contribution is -0.138. The summed E-state index contributed by atoms with van der Waals surface area (Å²) in [4.78, 5) is 23.6. The molecule has 0 fully saturated rings. The second-order valence-electron chi connectivity index (χ2n) is 6.09. The van der Waals surface area contributed by atoms with E-state index >= 15 is 0 Å². The normalized spacial score (nSPS) is 11.5. The SMILES string of the molecule is CCOC(=O)C=Cc1c2ccccc2c(C=CC(=O)OCC)c2ccccc12. The van der Waals surface area contributed by atoms with Crippen molar-refractivity contribution in [3.05, 3.63) is 71.8 Å². The molecule has 0 aromatic heterocycles. The average Bonchev–Trinajstić information content (AvgIpc) is 2.71. The second kappa shape index (κ2) is 9.00. The van der Waals surface area contributed by atoms with Gasteiger partial charge in [-0.1, -0.05) is 48.5 Å². The number of rotatable bonds is 6. The molecule has 0 aliphatic heterocycles. The Hall–Kier alpha value is -3.40. The fourth-order valence-electron chi connectivity index (χ4n) is 3.24. The molecule has 0 heterocycles. The van der Waals surface area contributed by atoms with Crippen molar-refractivity contribution in [2.75, 3.05) is 13.2 Å². The van der Waals surface area contributed by atoms with Crippen molar-refractivity contribution in [3.63, 3.8) is 0 Å². The zero-order valence-electron chi connectivity index (χ0n) is 16.0. The molecule has 3 aromatic carbocycles. The molecule has 0 unspecified atom stereocenters. The smallest absolute Gasteiger partial charge is 0.330 e. The lowest BCUT2D eigenvalue weighted by atomic mass is 9.91. The maximum absolute atomic E-state index is 11.8. The summed E-state index contributed by atoms with van der Waals surface area (Å²) in [5.41, 5.74) is 1.88. The summed E-state index contributed by atoms with van der Waals surface area (Å²) in [7, 11) is 0. The van der Waals surface area contributed by atoms with Crippen LogP contribution in [0.4, 0.5) is 0 Å². The van der Waals surface area contributed by atoms with Crippen LogP contribution in [0.2, 0.25) is 0 Å². The fraction of sp³-hybridized carbons (Fsp3) is 0.167. The molecule has 28 heavy (non-hydrogen) atoms. The molecule has 0 radical (unpaired) electrons. The molecule has 0 saturated carbocycles. The molecule has 0 saturated heterocycles. The topological polar surface area (TPSA) is 52.6 Å². The van der Waals surface area contributed by atoms with Crippen molar-refractivity contribution in [1.82, 2.24) is 0 Å². The first-order valence-electron chi connectivity index (χ1n) is 9.28. The first-order valence-corrected chi connectivity index (χ1v) is 9.28. The van der Waals surface area contributed by atoms with Gasteiger partial charge < -0.3 is 9.47 Å². The minimum atomic E-state index is -0.373. The van der Waals surface area contributed by atoms with Gasteiger partial charge >= 0.3 is 11.9 Å². The van der Waals surface area contributed by atoms with E-state index in [9.17, 15) is 9.59 Å². The summed E-state index contributed by atoms with van der Waals surface area (Å²) in [5.74, 6) is -0.746. The van der Waals surface area contributed by atoms with Gasteiger partial charge in [0.1, 0.15) is 0 Å². The van der Waals surface area contributed by atoms with E-state index in [2.05, 4.69) is 0 Å². The predicted octanol–water partition coefficient (Wildman–Crippen LogP) is 5.15. The maximum Gasteiger partial charge on any atom is 0.330 e. The van der Waals surface area contributed by atoms with Gasteiger partial charge in [-0.05, 0) is 58.7 Å². The van der Waals surface area contributed by atoms with E-state index in [1.54, 1.807) is 26.0 Å². The molecular weight excluding hydrogens is 352 g/mol. The summed E-state index contributed by atoms with van der Waals surface area (Å²) in [6.07, 6.45) is 6.49. The van der Waals surface area contributed by atoms with Gasteiger partial charge in [0.05, 0.1) is 13.2 Å². The lowest BCUT2D eigenvalue weighted by Crippen LogP contribution is -1.99. The molecule has 0 aliphatic carbocycles. The third-order valence-corrected chi connectivity index (χ3v) is 4.36. The highest BCUT2D eigenvalue weighted by Crippen LogP contribution is 2.34. The van der Waals surface area contributed by atoms with E-state index in [4.69, 9.17) is 9.47 Å². The van der Waals surface area contributed by atoms with Crippen LogP contribution in [0.1, 0.15) is 25.0 Å². The summed E-state index contributed by atoms with van der Waals surface area (Å²) >= 11 is 0. The summed E-state index contributed by atoms with van der Waals surface area (Å²) in [6.45, 7) is 4.23. The molecule has 0 N–H and O–H groups in total. The third kappa shape index (κ3) is 4.12. The van der Waals surface area contributed by atoms with Crippen molar-refractivity contribution < 1.29 is 19.1 Å². The lowest BCUT2D eigenvalue weighted by Gasteiger charge is -2.13.